The molecule has 8 rings (SSSR count). The van der Waals surface area contributed by atoms with Crippen LogP contribution in [0.4, 0.5) is 0 Å². The van der Waals surface area contributed by atoms with E-state index in [2.05, 4.69) is 36.1 Å². The molecular formula is C46H68N4. The van der Waals surface area contributed by atoms with E-state index in [1.807, 2.05) is 0 Å². The predicted octanol–water partition coefficient (Wildman–Crippen LogP) is 11.6. The molecule has 0 amide bonds. The molecule has 0 aromatic heterocycles. The molecule has 0 saturated heterocycles. The summed E-state index contributed by atoms with van der Waals surface area (Å²) in [6, 6.07) is 9.13. The lowest BCUT2D eigenvalue weighted by Gasteiger charge is -2.49. The Morgan fingerprint density at radius 3 is 1.64 bits per heavy atom. The highest BCUT2D eigenvalue weighted by Gasteiger charge is 2.46. The Hall–Kier alpha value is -1.99. The number of allylic oxidation sites excluding steroid dienone is 2. The molecule has 7 saturated carbocycles. The molecule has 272 valence electrons. The van der Waals surface area contributed by atoms with E-state index in [0.717, 1.165) is 85.0 Å². The summed E-state index contributed by atoms with van der Waals surface area (Å²) in [5.41, 5.74) is 1.73. The molecule has 0 bridgehead atoms. The first-order valence-electron chi connectivity index (χ1n) is 22.2. The minimum absolute atomic E-state index is 0.0891. The van der Waals surface area contributed by atoms with Crippen LogP contribution in [0.1, 0.15) is 161 Å². The third-order valence-electron chi connectivity index (χ3n) is 17.5. The first-order chi connectivity index (χ1) is 24.5. The maximum atomic E-state index is 9.76. The van der Waals surface area contributed by atoms with Crippen LogP contribution in [0.15, 0.2) is 11.8 Å². The van der Waals surface area contributed by atoms with Crippen molar-refractivity contribution in [3.63, 3.8) is 0 Å². The van der Waals surface area contributed by atoms with Gasteiger partial charge in [-0.1, -0.05) is 32.3 Å². The Morgan fingerprint density at radius 1 is 0.480 bits per heavy atom. The zero-order valence-corrected chi connectivity index (χ0v) is 31.6. The molecule has 0 aromatic carbocycles. The first-order valence-corrected chi connectivity index (χ1v) is 22.2. The van der Waals surface area contributed by atoms with Gasteiger partial charge in [-0.25, -0.2) is 0 Å². The molecule has 8 aliphatic carbocycles. The monoisotopic (exact) mass is 677 g/mol. The fourth-order valence-electron chi connectivity index (χ4n) is 14.9. The van der Waals surface area contributed by atoms with Crippen LogP contribution in [0.3, 0.4) is 0 Å². The molecule has 4 nitrogen and oxygen atoms in total. The highest BCUT2D eigenvalue weighted by atomic mass is 15.2. The van der Waals surface area contributed by atoms with E-state index in [0.29, 0.717) is 23.8 Å². The zero-order valence-electron chi connectivity index (χ0n) is 31.6. The predicted molar refractivity (Wildman–Crippen MR) is 200 cm³/mol. The van der Waals surface area contributed by atoms with Crippen LogP contribution in [0.5, 0.6) is 0 Å². The highest BCUT2D eigenvalue weighted by Crippen LogP contribution is 2.55. The third-order valence-corrected chi connectivity index (χ3v) is 17.5. The van der Waals surface area contributed by atoms with Gasteiger partial charge in [-0.05, 0) is 200 Å². The molecule has 7 fully saturated rings. The Kier molecular flexibility index (Phi) is 10.9. The summed E-state index contributed by atoms with van der Waals surface area (Å²) in [4.78, 5) is 3.07. The van der Waals surface area contributed by atoms with Gasteiger partial charge in [0, 0.05) is 35.5 Å². The maximum absolute atomic E-state index is 9.76. The van der Waals surface area contributed by atoms with Gasteiger partial charge in [0.05, 0.1) is 18.2 Å². The van der Waals surface area contributed by atoms with Crippen LogP contribution in [-0.4, -0.2) is 17.0 Å². The average molecular weight is 677 g/mol. The SMILES string of the molecule is CC1C2CCCCC2CC1C1CC=C(N(C2CCC(C3CC(C#N)CC(C#N)C3)CC2)C2CCC(C3CC4CCC(C#N)CC4C3)CC2)CC1. The van der Waals surface area contributed by atoms with Crippen LogP contribution in [0, 0.1) is 117 Å². The smallest absolute Gasteiger partial charge is 0.0656 e. The quantitative estimate of drug-likeness (QED) is 0.281. The van der Waals surface area contributed by atoms with Gasteiger partial charge in [-0.3, -0.25) is 0 Å². The second-order valence-electron chi connectivity index (χ2n) is 19.8. The van der Waals surface area contributed by atoms with Crippen LogP contribution < -0.4 is 0 Å². The van der Waals surface area contributed by atoms with Gasteiger partial charge in [0.2, 0.25) is 0 Å². The van der Waals surface area contributed by atoms with Gasteiger partial charge in [-0.15, -0.1) is 0 Å². The second-order valence-corrected chi connectivity index (χ2v) is 19.8. The first kappa shape index (κ1) is 35.1. The number of nitriles is 3. The number of rotatable bonds is 6. The van der Waals surface area contributed by atoms with Crippen molar-refractivity contribution >= 4 is 0 Å². The summed E-state index contributed by atoms with van der Waals surface area (Å²) in [6.45, 7) is 2.63. The van der Waals surface area contributed by atoms with Crippen molar-refractivity contribution in [1.82, 2.24) is 4.90 Å². The minimum atomic E-state index is 0.0891. The lowest BCUT2D eigenvalue weighted by Crippen LogP contribution is -2.47. The van der Waals surface area contributed by atoms with Gasteiger partial charge in [0.15, 0.2) is 0 Å². The molecule has 11 unspecified atom stereocenters. The highest BCUT2D eigenvalue weighted by molar-refractivity contribution is 5.12. The van der Waals surface area contributed by atoms with E-state index in [4.69, 9.17) is 0 Å². The fraction of sp³-hybridized carbons (Fsp3) is 0.891. The largest absolute Gasteiger partial charge is 0.369 e. The van der Waals surface area contributed by atoms with Crippen molar-refractivity contribution in [2.24, 2.45) is 82.9 Å². The maximum Gasteiger partial charge on any atom is 0.0656 e. The fourth-order valence-corrected chi connectivity index (χ4v) is 14.9. The number of hydrogen-bond acceptors (Lipinski definition) is 4. The number of nitrogens with zero attached hydrogens (tertiary/aromatic N) is 4. The lowest BCUT2D eigenvalue weighted by atomic mass is 9.67. The standard InChI is InChI=1S/C46H68N4/c1-30-45-5-3-2-4-38(45)26-46(30)36-12-18-44(19-13-36)50(42-14-8-34(9-15-42)39-22-32(28-48)20-33(23-39)29-49)43-16-10-35(11-17-43)41-24-37-7-6-31(27-47)21-40(37)25-41/h18,30-43,45-46H,2-17,19-26H2,1H3. The van der Waals surface area contributed by atoms with E-state index in [1.54, 1.807) is 5.70 Å². The van der Waals surface area contributed by atoms with E-state index >= 15 is 0 Å². The minimum Gasteiger partial charge on any atom is -0.369 e. The molecule has 11 atom stereocenters. The van der Waals surface area contributed by atoms with Crippen molar-refractivity contribution in [3.05, 3.63) is 11.8 Å². The Bertz CT molecular complexity index is 1290. The van der Waals surface area contributed by atoms with Crippen molar-refractivity contribution in [1.29, 1.82) is 15.8 Å². The summed E-state index contributed by atoms with van der Waals surface area (Å²) in [5.74, 6) is 10.2. The summed E-state index contributed by atoms with van der Waals surface area (Å²) >= 11 is 0. The molecule has 4 heteroatoms. The Morgan fingerprint density at radius 2 is 1.04 bits per heavy atom. The lowest BCUT2D eigenvalue weighted by molar-refractivity contribution is 0.0595. The number of fused-ring (bicyclic) bond motifs is 2. The van der Waals surface area contributed by atoms with Crippen LogP contribution in [-0.2, 0) is 0 Å². The van der Waals surface area contributed by atoms with Crippen molar-refractivity contribution in [3.8, 4) is 18.2 Å². The molecule has 0 aliphatic heterocycles. The van der Waals surface area contributed by atoms with Crippen molar-refractivity contribution in [2.75, 3.05) is 0 Å². The van der Waals surface area contributed by atoms with Gasteiger partial charge in [0.25, 0.3) is 0 Å². The molecule has 0 radical (unpaired) electrons. The molecule has 0 heterocycles. The summed E-state index contributed by atoms with van der Waals surface area (Å²) in [5, 5.41) is 29.1. The van der Waals surface area contributed by atoms with Gasteiger partial charge < -0.3 is 4.90 Å². The third kappa shape index (κ3) is 7.17. The van der Waals surface area contributed by atoms with Crippen LogP contribution in [0.25, 0.3) is 0 Å². The van der Waals surface area contributed by atoms with E-state index in [-0.39, 0.29) is 11.8 Å². The van der Waals surface area contributed by atoms with Crippen molar-refractivity contribution < 1.29 is 0 Å². The zero-order chi connectivity index (χ0) is 34.2. The summed E-state index contributed by atoms with van der Waals surface area (Å²) in [6.07, 6.45) is 34.6. The molecule has 0 N–H and O–H groups in total. The van der Waals surface area contributed by atoms with Gasteiger partial charge >= 0.3 is 0 Å². The molecular weight excluding hydrogens is 609 g/mol. The van der Waals surface area contributed by atoms with Crippen LogP contribution in [0.2, 0.25) is 0 Å². The van der Waals surface area contributed by atoms with Gasteiger partial charge in [0.1, 0.15) is 0 Å². The van der Waals surface area contributed by atoms with Gasteiger partial charge in [-0.2, -0.15) is 15.8 Å². The normalized spacial score (nSPS) is 47.8. The van der Waals surface area contributed by atoms with Crippen LogP contribution >= 0.6 is 0 Å². The summed E-state index contributed by atoms with van der Waals surface area (Å²) < 4.78 is 0. The van der Waals surface area contributed by atoms with Crippen molar-refractivity contribution in [2.45, 2.75) is 173 Å². The molecule has 50 heavy (non-hydrogen) atoms. The topological polar surface area (TPSA) is 74.6 Å². The number of hydrogen-bond donors (Lipinski definition) is 0. The second kappa shape index (κ2) is 15.5. The van der Waals surface area contributed by atoms with E-state index < -0.39 is 0 Å². The average Bonchev–Trinajstić information content (AvgIpc) is 3.76. The molecule has 8 aliphatic rings. The molecule has 0 aromatic rings. The summed E-state index contributed by atoms with van der Waals surface area (Å²) in [7, 11) is 0. The molecule has 0 spiro atoms. The Balaban J connectivity index is 0.932. The Labute approximate surface area is 305 Å². The van der Waals surface area contributed by atoms with E-state index in [1.165, 1.54) is 128 Å². The van der Waals surface area contributed by atoms with E-state index in [9.17, 15) is 15.8 Å².